The predicted molar refractivity (Wildman–Crippen MR) is 114 cm³/mol. The molecule has 0 spiro atoms. The van der Waals surface area contributed by atoms with Crippen molar-refractivity contribution in [2.75, 3.05) is 18.6 Å². The Hall–Kier alpha value is -3.72. The number of carbonyl (C=O) groups is 1. The zero-order valence-electron chi connectivity index (χ0n) is 17.5. The van der Waals surface area contributed by atoms with E-state index >= 15 is 0 Å². The fourth-order valence-corrected chi connectivity index (χ4v) is 3.47. The number of fused-ring (bicyclic) bond motifs is 1. The highest BCUT2D eigenvalue weighted by molar-refractivity contribution is 6.12. The van der Waals surface area contributed by atoms with Gasteiger partial charge in [0.2, 0.25) is 0 Å². The molecule has 9 nitrogen and oxygen atoms in total. The average molecular weight is 421 g/mol. The lowest BCUT2D eigenvalue weighted by Crippen LogP contribution is -2.32. The van der Waals surface area contributed by atoms with Crippen LogP contribution in [0.1, 0.15) is 12.6 Å². The first-order valence-corrected chi connectivity index (χ1v) is 9.69. The fourth-order valence-electron chi connectivity index (χ4n) is 3.47. The Morgan fingerprint density at radius 1 is 1.19 bits per heavy atom. The quantitative estimate of drug-likeness (QED) is 0.772. The van der Waals surface area contributed by atoms with Crippen LogP contribution in [0.25, 0.3) is 0 Å². The topological polar surface area (TPSA) is 113 Å². The number of methoxy groups -OCH3 is 1. The summed E-state index contributed by atoms with van der Waals surface area (Å²) in [6, 6.07) is 6.53. The van der Waals surface area contributed by atoms with E-state index in [1.54, 1.807) is 38.6 Å². The van der Waals surface area contributed by atoms with E-state index in [-0.39, 0.29) is 18.1 Å². The van der Waals surface area contributed by atoms with Crippen LogP contribution in [0.4, 0.5) is 5.82 Å². The summed E-state index contributed by atoms with van der Waals surface area (Å²) >= 11 is 0. The highest BCUT2D eigenvalue weighted by Gasteiger charge is 2.35. The number of allylic oxidation sites excluding steroid dienone is 1. The highest BCUT2D eigenvalue weighted by atomic mass is 16.5. The lowest BCUT2D eigenvalue weighted by Gasteiger charge is -2.18. The monoisotopic (exact) mass is 421 g/mol. The Labute approximate surface area is 179 Å². The fraction of sp³-hybridized carbons (Fsp3) is 0.273. The molecule has 1 amide bonds. The van der Waals surface area contributed by atoms with Crippen molar-refractivity contribution in [1.82, 2.24) is 14.8 Å². The molecule has 0 saturated carbocycles. The number of rotatable bonds is 5. The van der Waals surface area contributed by atoms with Gasteiger partial charge in [-0.1, -0.05) is 6.08 Å². The van der Waals surface area contributed by atoms with Crippen LogP contribution < -0.4 is 20.9 Å². The standard InChI is InChI=1S/C22H23N5O4/c1-22(23)9-14-12-27(19-6-7-20(28)26(2)25-19)21(29)18(14)8-17(10-22)31-13-15-4-5-16(30-3)11-24-15/h4-11H,12-13,23H2,1-3H3. The second-order valence-corrected chi connectivity index (χ2v) is 7.66. The smallest absolute Gasteiger partial charge is 0.266 e. The Bertz CT molecular complexity index is 1180. The van der Waals surface area contributed by atoms with E-state index in [2.05, 4.69) is 10.1 Å². The minimum atomic E-state index is -0.816. The number of hydrogen-bond acceptors (Lipinski definition) is 7. The number of hydrogen-bond donors (Lipinski definition) is 1. The molecular formula is C22H23N5O4. The third-order valence-corrected chi connectivity index (χ3v) is 5.02. The van der Waals surface area contributed by atoms with Crippen molar-refractivity contribution >= 4 is 11.7 Å². The van der Waals surface area contributed by atoms with Crippen molar-refractivity contribution in [1.29, 1.82) is 0 Å². The number of ether oxygens (including phenoxy) is 2. The van der Waals surface area contributed by atoms with E-state index in [9.17, 15) is 9.59 Å². The van der Waals surface area contributed by atoms with Gasteiger partial charge in [-0.05, 0) is 42.8 Å². The molecule has 1 unspecified atom stereocenters. The average Bonchev–Trinajstić information content (AvgIpc) is 2.95. The van der Waals surface area contributed by atoms with Crippen LogP contribution in [0.3, 0.4) is 0 Å². The zero-order chi connectivity index (χ0) is 22.2. The molecule has 31 heavy (non-hydrogen) atoms. The first-order valence-electron chi connectivity index (χ1n) is 9.69. The first kappa shape index (κ1) is 20.5. The van der Waals surface area contributed by atoms with Gasteiger partial charge in [0.1, 0.15) is 18.1 Å². The summed E-state index contributed by atoms with van der Waals surface area (Å²) in [7, 11) is 3.12. The number of aryl methyl sites for hydroxylation is 1. The molecule has 9 heteroatoms. The van der Waals surface area contributed by atoms with Crippen LogP contribution in [0.5, 0.6) is 5.75 Å². The summed E-state index contributed by atoms with van der Waals surface area (Å²) in [5.41, 5.74) is 7.33. The molecule has 160 valence electrons. The van der Waals surface area contributed by atoms with Gasteiger partial charge in [-0.2, -0.15) is 5.10 Å². The van der Waals surface area contributed by atoms with Crippen LogP contribution in [-0.2, 0) is 23.2 Å². The summed E-state index contributed by atoms with van der Waals surface area (Å²) in [4.78, 5) is 30.6. The normalized spacial score (nSPS) is 20.5. The Kier molecular flexibility index (Phi) is 5.20. The van der Waals surface area contributed by atoms with Gasteiger partial charge in [0.05, 0.1) is 31.1 Å². The van der Waals surface area contributed by atoms with Gasteiger partial charge in [-0.3, -0.25) is 19.5 Å². The summed E-state index contributed by atoms with van der Waals surface area (Å²) in [5.74, 6) is 1.31. The van der Waals surface area contributed by atoms with Crippen molar-refractivity contribution in [2.24, 2.45) is 12.8 Å². The molecule has 3 heterocycles. The van der Waals surface area contributed by atoms with E-state index in [0.29, 0.717) is 35.1 Å². The van der Waals surface area contributed by atoms with Crippen LogP contribution in [0.15, 0.2) is 70.4 Å². The second kappa shape index (κ2) is 7.84. The molecular weight excluding hydrogens is 398 g/mol. The zero-order valence-corrected chi connectivity index (χ0v) is 17.5. The van der Waals surface area contributed by atoms with Crippen molar-refractivity contribution in [2.45, 2.75) is 19.1 Å². The maximum Gasteiger partial charge on any atom is 0.266 e. The highest BCUT2D eigenvalue weighted by Crippen LogP contribution is 2.32. The first-order chi connectivity index (χ1) is 14.8. The van der Waals surface area contributed by atoms with E-state index in [0.717, 1.165) is 5.57 Å². The molecule has 1 aliphatic heterocycles. The molecule has 1 saturated heterocycles. The Balaban J connectivity index is 1.60. The summed E-state index contributed by atoms with van der Waals surface area (Å²) in [6.07, 6.45) is 6.93. The number of aromatic nitrogens is 3. The van der Waals surface area contributed by atoms with Crippen LogP contribution in [0.2, 0.25) is 0 Å². The SMILES string of the molecule is COc1ccc(COC2=CC(C)(N)C=C3CN(c4ccc(=O)n(C)n4)C(=O)C3=C2)nc1. The Morgan fingerprint density at radius 3 is 2.68 bits per heavy atom. The molecule has 2 aromatic heterocycles. The molecule has 0 bridgehead atoms. The van der Waals surface area contributed by atoms with Crippen molar-refractivity contribution in [3.8, 4) is 5.75 Å². The summed E-state index contributed by atoms with van der Waals surface area (Å²) in [5, 5.41) is 4.19. The minimum Gasteiger partial charge on any atom is -0.495 e. The number of amides is 1. The van der Waals surface area contributed by atoms with Gasteiger partial charge in [0, 0.05) is 18.7 Å². The third kappa shape index (κ3) is 4.26. The molecule has 1 atom stereocenters. The predicted octanol–water partition coefficient (Wildman–Crippen LogP) is 1.21. The number of anilines is 1. The van der Waals surface area contributed by atoms with Crippen molar-refractivity contribution in [3.63, 3.8) is 0 Å². The summed E-state index contributed by atoms with van der Waals surface area (Å²) < 4.78 is 12.2. The number of carbonyl (C=O) groups excluding carboxylic acids is 1. The maximum absolute atomic E-state index is 13.1. The number of nitrogens with two attached hydrogens (primary N) is 1. The van der Waals surface area contributed by atoms with Crippen LogP contribution in [0, 0.1) is 0 Å². The van der Waals surface area contributed by atoms with Crippen LogP contribution >= 0.6 is 0 Å². The van der Waals surface area contributed by atoms with E-state index < -0.39 is 5.54 Å². The molecule has 0 aromatic carbocycles. The Morgan fingerprint density at radius 2 is 2.00 bits per heavy atom. The van der Waals surface area contributed by atoms with Gasteiger partial charge in [-0.15, -0.1) is 0 Å². The molecule has 1 aliphatic carbocycles. The number of nitrogens with zero attached hydrogens (tertiary/aromatic N) is 4. The van der Waals surface area contributed by atoms with Gasteiger partial charge in [0.25, 0.3) is 11.5 Å². The third-order valence-electron chi connectivity index (χ3n) is 5.02. The van der Waals surface area contributed by atoms with Gasteiger partial charge < -0.3 is 15.2 Å². The lowest BCUT2D eigenvalue weighted by molar-refractivity contribution is -0.114. The van der Waals surface area contributed by atoms with E-state index in [1.165, 1.54) is 21.7 Å². The molecule has 2 aromatic rings. The molecule has 1 fully saturated rings. The summed E-state index contributed by atoms with van der Waals surface area (Å²) in [6.45, 7) is 2.36. The molecule has 4 rings (SSSR count). The van der Waals surface area contributed by atoms with Crippen LogP contribution in [-0.4, -0.2) is 39.9 Å². The molecule has 0 radical (unpaired) electrons. The van der Waals surface area contributed by atoms with Gasteiger partial charge in [-0.25, -0.2) is 4.68 Å². The van der Waals surface area contributed by atoms with Crippen molar-refractivity contribution < 1.29 is 14.3 Å². The lowest BCUT2D eigenvalue weighted by atomic mass is 9.99. The van der Waals surface area contributed by atoms with E-state index in [4.69, 9.17) is 15.2 Å². The largest absolute Gasteiger partial charge is 0.495 e. The maximum atomic E-state index is 13.1. The van der Waals surface area contributed by atoms with Gasteiger partial charge >= 0.3 is 0 Å². The van der Waals surface area contributed by atoms with Gasteiger partial charge in [0.15, 0.2) is 5.82 Å². The minimum absolute atomic E-state index is 0.214. The van der Waals surface area contributed by atoms with Crippen molar-refractivity contribution in [3.05, 3.63) is 81.6 Å². The second-order valence-electron chi connectivity index (χ2n) is 7.66. The molecule has 2 N–H and O–H groups in total. The number of pyridine rings is 1. The molecule has 2 aliphatic rings. The van der Waals surface area contributed by atoms with E-state index in [1.807, 2.05) is 19.1 Å².